The minimum Gasteiger partial charge on any atom is -0.462 e. The lowest BCUT2D eigenvalue weighted by molar-refractivity contribution is 0.0491. The Morgan fingerprint density at radius 3 is 1.16 bits per heavy atom. The Hall–Kier alpha value is -3.74. The number of carbonyl (C=O) groups is 2. The van der Waals surface area contributed by atoms with E-state index in [9.17, 15) is 9.59 Å². The lowest BCUT2D eigenvalue weighted by Crippen LogP contribution is -2.24. The number of esters is 2. The van der Waals surface area contributed by atoms with E-state index in [0.29, 0.717) is 59.2 Å². The topological polar surface area (TPSA) is 93.1 Å². The lowest BCUT2D eigenvalue weighted by atomic mass is 9.72. The third-order valence-corrected chi connectivity index (χ3v) is 20.5. The van der Waals surface area contributed by atoms with Gasteiger partial charge in [0.2, 0.25) is 0 Å². The molecule has 6 heteroatoms. The molecule has 420 valence electrons. The Balaban J connectivity index is 0.000000150. The first-order valence-corrected chi connectivity index (χ1v) is 30.8. The van der Waals surface area contributed by atoms with Crippen LogP contribution in [0.3, 0.4) is 0 Å². The van der Waals surface area contributed by atoms with Gasteiger partial charge in [-0.2, -0.15) is 0 Å². The summed E-state index contributed by atoms with van der Waals surface area (Å²) in [5.41, 5.74) is 9.76. The van der Waals surface area contributed by atoms with Gasteiger partial charge in [-0.05, 0) is 247 Å². The van der Waals surface area contributed by atoms with Crippen molar-refractivity contribution in [2.45, 2.75) is 209 Å². The van der Waals surface area contributed by atoms with Gasteiger partial charge < -0.3 is 19.7 Å². The first kappa shape index (κ1) is 59.9. The molecule has 0 aromatic heterocycles. The van der Waals surface area contributed by atoms with E-state index >= 15 is 0 Å². The third-order valence-electron chi connectivity index (χ3n) is 20.5. The van der Waals surface area contributed by atoms with Crippen LogP contribution >= 0.6 is 0 Å². The van der Waals surface area contributed by atoms with E-state index in [-0.39, 0.29) is 11.9 Å². The van der Waals surface area contributed by atoms with Crippen molar-refractivity contribution in [2.24, 2.45) is 69.0 Å². The minimum absolute atomic E-state index is 0.208. The van der Waals surface area contributed by atoms with E-state index in [4.69, 9.17) is 19.7 Å². The zero-order chi connectivity index (χ0) is 54.4. The van der Waals surface area contributed by atoms with Crippen LogP contribution in [0.25, 0.3) is 0 Å². The molecular formula is C70H104O6. The molecule has 6 nitrogen and oxygen atoms in total. The number of aliphatic hydroxyl groups is 2. The second kappa shape index (κ2) is 27.9. The fraction of sp³-hybridized carbons (Fsp3) is 0.686. The second-order valence-electron chi connectivity index (χ2n) is 27.5. The molecule has 8 aliphatic rings. The highest BCUT2D eigenvalue weighted by molar-refractivity contribution is 5.89. The van der Waals surface area contributed by atoms with Crippen molar-refractivity contribution in [1.82, 2.24) is 0 Å². The van der Waals surface area contributed by atoms with Gasteiger partial charge in [-0.15, -0.1) is 0 Å². The number of hydrogen-bond donors (Lipinski definition) is 2. The maximum atomic E-state index is 11.9. The van der Waals surface area contributed by atoms with Gasteiger partial charge in [0, 0.05) is 13.2 Å². The zero-order valence-electron chi connectivity index (χ0n) is 49.0. The normalized spacial score (nSPS) is 28.8. The monoisotopic (exact) mass is 1040 g/mol. The van der Waals surface area contributed by atoms with Crippen LogP contribution in [0, 0.1) is 69.0 Å². The first-order chi connectivity index (χ1) is 36.4. The molecule has 2 aromatic carbocycles. The summed E-state index contributed by atoms with van der Waals surface area (Å²) < 4.78 is 10.8. The van der Waals surface area contributed by atoms with Crippen molar-refractivity contribution < 1.29 is 29.3 Å². The summed E-state index contributed by atoms with van der Waals surface area (Å²) in [6.07, 6.45) is 40.0. The van der Waals surface area contributed by atoms with E-state index in [0.717, 1.165) is 98.7 Å². The molecule has 4 saturated carbocycles. The first-order valence-electron chi connectivity index (χ1n) is 30.8. The highest BCUT2D eigenvalue weighted by atomic mass is 16.5. The summed E-state index contributed by atoms with van der Waals surface area (Å²) in [4.78, 5) is 23.8. The fourth-order valence-electron chi connectivity index (χ4n) is 15.6. The maximum Gasteiger partial charge on any atom is 0.338 e. The van der Waals surface area contributed by atoms with Crippen molar-refractivity contribution in [3.63, 3.8) is 0 Å². The van der Waals surface area contributed by atoms with Crippen LogP contribution in [0.2, 0.25) is 0 Å². The Morgan fingerprint density at radius 1 is 0.434 bits per heavy atom. The molecule has 0 heterocycles. The number of rotatable bonds is 16. The largest absolute Gasteiger partial charge is 0.462 e. The summed E-state index contributed by atoms with van der Waals surface area (Å²) in [5, 5.41) is 17.7. The molecule has 2 aromatic rings. The number of hydrogen-bond acceptors (Lipinski definition) is 6. The molecular weight excluding hydrogens is 937 g/mol. The predicted molar refractivity (Wildman–Crippen MR) is 314 cm³/mol. The van der Waals surface area contributed by atoms with Gasteiger partial charge in [0.05, 0.1) is 24.3 Å². The Bertz CT molecular complexity index is 2260. The van der Waals surface area contributed by atoms with E-state index in [2.05, 4.69) is 79.7 Å². The van der Waals surface area contributed by atoms with Crippen LogP contribution in [-0.2, 0) is 9.47 Å². The highest BCUT2D eigenvalue weighted by Gasteiger charge is 2.45. The Kier molecular flexibility index (Phi) is 22.0. The van der Waals surface area contributed by atoms with Crippen LogP contribution in [0.1, 0.15) is 230 Å². The highest BCUT2D eigenvalue weighted by Crippen LogP contribution is 2.55. The standard InChI is InChI=1S/2C21H28O2.2C14H24O/c1-21(2)13-12-17-11-10-16(15-19(17)21)7-6-14-23-20(22)18-8-4-3-5-9-18;1-21(2)13-12-18-15-16(10-11-19(18)21)7-6-14-23-20(22)17-8-4-3-5-9-17;1-14(2)8-7-12-10-11(4-3-9-15)5-6-13(12)14;1-14(2)8-7-12-6-5-11(4-3-9-15)10-13(12)14/h3-5,8-9,15,17,19H,6-7,10-14H2,1-2H3;3-5,8-9,15,18-19H,6-7,10-14H2,1-2H3;2*10,12-13,15H,3-9H2,1-2H3. The smallest absolute Gasteiger partial charge is 0.338 e. The molecule has 0 radical (unpaired) electrons. The van der Waals surface area contributed by atoms with Gasteiger partial charge in [-0.25, -0.2) is 9.59 Å². The molecule has 0 amide bonds. The van der Waals surface area contributed by atoms with Crippen molar-refractivity contribution >= 4 is 11.9 Å². The van der Waals surface area contributed by atoms with Gasteiger partial charge in [0.25, 0.3) is 0 Å². The molecule has 8 unspecified atom stereocenters. The predicted octanol–water partition coefficient (Wildman–Crippen LogP) is 17.9. The summed E-state index contributed by atoms with van der Waals surface area (Å²) in [6.45, 7) is 21.1. The van der Waals surface area contributed by atoms with E-state index in [1.807, 2.05) is 36.4 Å². The Morgan fingerprint density at radius 2 is 0.776 bits per heavy atom. The molecule has 0 saturated heterocycles. The molecule has 0 bridgehead atoms. The average Bonchev–Trinajstić information content (AvgIpc) is 4.13. The molecule has 76 heavy (non-hydrogen) atoms. The number of ether oxygens (including phenoxy) is 2. The molecule has 0 spiro atoms. The van der Waals surface area contributed by atoms with Gasteiger partial charge in [0.1, 0.15) is 0 Å². The molecule has 10 rings (SSSR count). The third kappa shape index (κ3) is 16.7. The number of aliphatic hydroxyl groups excluding tert-OH is 2. The quantitative estimate of drug-likeness (QED) is 0.0988. The Labute approximate surface area is 462 Å². The molecule has 4 fully saturated rings. The van der Waals surface area contributed by atoms with Crippen LogP contribution in [-0.4, -0.2) is 48.6 Å². The number of allylic oxidation sites excluding steroid dienone is 8. The van der Waals surface area contributed by atoms with Gasteiger partial charge in [-0.3, -0.25) is 0 Å². The van der Waals surface area contributed by atoms with Crippen LogP contribution < -0.4 is 0 Å². The number of benzene rings is 2. The minimum atomic E-state index is -0.208. The van der Waals surface area contributed by atoms with E-state index in [1.54, 1.807) is 46.6 Å². The van der Waals surface area contributed by atoms with Crippen LogP contribution in [0.15, 0.2) is 107 Å². The average molecular weight is 1040 g/mol. The van der Waals surface area contributed by atoms with Crippen molar-refractivity contribution in [3.8, 4) is 0 Å². The van der Waals surface area contributed by atoms with Crippen molar-refractivity contribution in [1.29, 1.82) is 0 Å². The van der Waals surface area contributed by atoms with Gasteiger partial charge in [-0.1, -0.05) is 138 Å². The summed E-state index contributed by atoms with van der Waals surface area (Å²) >= 11 is 0. The van der Waals surface area contributed by atoms with Crippen LogP contribution in [0.5, 0.6) is 0 Å². The zero-order valence-corrected chi connectivity index (χ0v) is 49.0. The molecule has 8 aliphatic carbocycles. The summed E-state index contributed by atoms with van der Waals surface area (Å²) in [7, 11) is 0. The molecule has 8 atom stereocenters. The van der Waals surface area contributed by atoms with E-state index in [1.165, 1.54) is 103 Å². The van der Waals surface area contributed by atoms with Gasteiger partial charge in [0.15, 0.2) is 0 Å². The molecule has 2 N–H and O–H groups in total. The van der Waals surface area contributed by atoms with Crippen molar-refractivity contribution in [2.75, 3.05) is 26.4 Å². The summed E-state index contributed by atoms with van der Waals surface area (Å²) in [5.74, 6) is 6.47. The maximum absolute atomic E-state index is 11.9. The summed E-state index contributed by atoms with van der Waals surface area (Å²) in [6, 6.07) is 18.5. The lowest BCUT2D eigenvalue weighted by Gasteiger charge is -2.33. The van der Waals surface area contributed by atoms with E-state index < -0.39 is 0 Å². The number of fused-ring (bicyclic) bond motifs is 4. The SMILES string of the molecule is CC1(C)CCC2C=C(CCCO)CCC21.CC1(C)CCC2C=C(CCCOC(=O)c3ccccc3)CCC21.CC1(C)CCC2CCC(CCCO)=CC21.CC1(C)CCC2CCC(CCCOC(=O)c3ccccc3)=CC21. The molecule has 0 aliphatic heterocycles. The number of carbonyl (C=O) groups excluding carboxylic acids is 2. The fourth-order valence-corrected chi connectivity index (χ4v) is 15.6. The van der Waals surface area contributed by atoms with Gasteiger partial charge >= 0.3 is 11.9 Å². The van der Waals surface area contributed by atoms with Crippen LogP contribution in [0.4, 0.5) is 0 Å². The second-order valence-corrected chi connectivity index (χ2v) is 27.5. The van der Waals surface area contributed by atoms with Crippen molar-refractivity contribution in [3.05, 3.63) is 118 Å².